The van der Waals surface area contributed by atoms with Crippen LogP contribution in [0.2, 0.25) is 0 Å². The molecule has 0 amide bonds. The summed E-state index contributed by atoms with van der Waals surface area (Å²) >= 11 is 2.30. The first-order valence-electron chi connectivity index (χ1n) is 4.07. The van der Waals surface area contributed by atoms with E-state index in [1.165, 1.54) is 12.8 Å². The lowest BCUT2D eigenvalue weighted by molar-refractivity contribution is 0.0422. The van der Waals surface area contributed by atoms with Crippen molar-refractivity contribution in [1.82, 2.24) is 3.11 Å². The van der Waals surface area contributed by atoms with Gasteiger partial charge in [0.1, 0.15) is 0 Å². The maximum absolute atomic E-state index is 5.87. The van der Waals surface area contributed by atoms with Gasteiger partial charge < -0.3 is 10.5 Å². The molecular formula is C7H13IN2O. The second-order valence-corrected chi connectivity index (χ2v) is 4.73. The fourth-order valence-electron chi connectivity index (χ4n) is 1.35. The zero-order valence-corrected chi connectivity index (χ0v) is 8.53. The third-order valence-electron chi connectivity index (χ3n) is 2.16. The number of halogens is 1. The minimum absolute atomic E-state index is 0.229. The molecule has 1 aliphatic heterocycles. The zero-order chi connectivity index (χ0) is 7.84. The normalized spacial score (nSPS) is 39.8. The van der Waals surface area contributed by atoms with Gasteiger partial charge in [0.25, 0.3) is 0 Å². The van der Waals surface area contributed by atoms with Gasteiger partial charge in [-0.05, 0) is 12.8 Å². The fourth-order valence-corrected chi connectivity index (χ4v) is 2.19. The van der Waals surface area contributed by atoms with Crippen molar-refractivity contribution in [2.24, 2.45) is 5.73 Å². The third-order valence-corrected chi connectivity index (χ3v) is 2.94. The van der Waals surface area contributed by atoms with Crippen molar-refractivity contribution >= 4 is 22.9 Å². The summed E-state index contributed by atoms with van der Waals surface area (Å²) < 4.78 is 7.94. The summed E-state index contributed by atoms with van der Waals surface area (Å²) in [5.74, 6) is 0. The number of nitrogens with two attached hydrogens (primary N) is 1. The quantitative estimate of drug-likeness (QED) is 0.586. The van der Waals surface area contributed by atoms with E-state index in [9.17, 15) is 0 Å². The Bertz CT molecular complexity index is 151. The Morgan fingerprint density at radius 2 is 2.09 bits per heavy atom. The van der Waals surface area contributed by atoms with Crippen LogP contribution in [0.1, 0.15) is 12.8 Å². The Kier molecular flexibility index (Phi) is 2.36. The van der Waals surface area contributed by atoms with E-state index in [1.54, 1.807) is 0 Å². The molecule has 11 heavy (non-hydrogen) atoms. The predicted molar refractivity (Wildman–Crippen MR) is 51.5 cm³/mol. The van der Waals surface area contributed by atoms with Gasteiger partial charge in [-0.15, -0.1) is 0 Å². The van der Waals surface area contributed by atoms with Crippen LogP contribution in [0.3, 0.4) is 0 Å². The van der Waals surface area contributed by atoms with Crippen molar-refractivity contribution in [2.75, 3.05) is 13.1 Å². The number of nitrogens with zero attached hydrogens (tertiary/aromatic N) is 1. The molecule has 2 fully saturated rings. The van der Waals surface area contributed by atoms with E-state index < -0.39 is 0 Å². The molecule has 0 aromatic carbocycles. The first-order chi connectivity index (χ1) is 5.25. The molecule has 4 heteroatoms. The molecular weight excluding hydrogens is 255 g/mol. The molecule has 1 saturated heterocycles. The number of ether oxygens (including phenoxy) is 1. The maximum atomic E-state index is 5.87. The number of hydrogen-bond acceptors (Lipinski definition) is 3. The second-order valence-electron chi connectivity index (χ2n) is 3.37. The van der Waals surface area contributed by atoms with Crippen molar-refractivity contribution in [2.45, 2.75) is 31.1 Å². The van der Waals surface area contributed by atoms with E-state index in [0.717, 1.165) is 13.1 Å². The summed E-state index contributed by atoms with van der Waals surface area (Å²) in [5, 5.41) is 0. The van der Waals surface area contributed by atoms with E-state index >= 15 is 0 Å². The van der Waals surface area contributed by atoms with Crippen molar-refractivity contribution in [3.63, 3.8) is 0 Å². The summed E-state index contributed by atoms with van der Waals surface area (Å²) in [6, 6.07) is 0.229. The lowest BCUT2D eigenvalue weighted by Gasteiger charge is -2.13. The van der Waals surface area contributed by atoms with Crippen molar-refractivity contribution in [3.8, 4) is 0 Å². The van der Waals surface area contributed by atoms with Gasteiger partial charge in [0.2, 0.25) is 0 Å². The van der Waals surface area contributed by atoms with Crippen LogP contribution in [-0.2, 0) is 4.74 Å². The number of hydrogen-bond donors (Lipinski definition) is 1. The van der Waals surface area contributed by atoms with Gasteiger partial charge in [-0.1, -0.05) is 0 Å². The first-order valence-corrected chi connectivity index (χ1v) is 5.04. The molecule has 3 nitrogen and oxygen atoms in total. The third kappa shape index (κ3) is 2.05. The average molecular weight is 268 g/mol. The molecule has 2 rings (SSSR count). The molecule has 2 N–H and O–H groups in total. The Morgan fingerprint density at radius 1 is 1.36 bits per heavy atom. The van der Waals surface area contributed by atoms with E-state index in [-0.39, 0.29) is 6.04 Å². The van der Waals surface area contributed by atoms with Gasteiger partial charge in [-0.3, -0.25) is 0 Å². The van der Waals surface area contributed by atoms with E-state index in [2.05, 4.69) is 26.0 Å². The van der Waals surface area contributed by atoms with E-state index in [0.29, 0.717) is 12.2 Å². The molecule has 64 valence electrons. The largest absolute Gasteiger partial charge is 0.372 e. The molecule has 0 aromatic rings. The van der Waals surface area contributed by atoms with Gasteiger partial charge >= 0.3 is 0 Å². The zero-order valence-electron chi connectivity index (χ0n) is 6.37. The van der Waals surface area contributed by atoms with Crippen LogP contribution in [0.4, 0.5) is 0 Å². The van der Waals surface area contributed by atoms with Crippen molar-refractivity contribution in [1.29, 1.82) is 0 Å². The number of rotatable bonds is 2. The van der Waals surface area contributed by atoms with Crippen LogP contribution in [0, 0.1) is 0 Å². The minimum atomic E-state index is 0.229. The Balaban J connectivity index is 1.82. The fraction of sp³-hybridized carbons (Fsp3) is 1.00. The lowest BCUT2D eigenvalue weighted by Crippen LogP contribution is -2.35. The molecule has 0 spiro atoms. The summed E-state index contributed by atoms with van der Waals surface area (Å²) in [6.07, 6.45) is 3.31. The molecule has 0 aromatic heterocycles. The van der Waals surface area contributed by atoms with E-state index in [4.69, 9.17) is 10.5 Å². The molecule has 0 radical (unpaired) electrons. The highest BCUT2D eigenvalue weighted by atomic mass is 127. The van der Waals surface area contributed by atoms with Crippen LogP contribution in [0.25, 0.3) is 0 Å². The van der Waals surface area contributed by atoms with Crippen LogP contribution >= 0.6 is 22.9 Å². The Hall–Kier alpha value is 0.610. The smallest absolute Gasteiger partial charge is 0.0877 e. The summed E-state index contributed by atoms with van der Waals surface area (Å²) in [5.41, 5.74) is 5.87. The molecule has 0 bridgehead atoms. The maximum Gasteiger partial charge on any atom is 0.0877 e. The Morgan fingerprint density at radius 3 is 2.55 bits per heavy atom. The van der Waals surface area contributed by atoms with Gasteiger partial charge in [0, 0.05) is 42.0 Å². The van der Waals surface area contributed by atoms with Crippen LogP contribution in [0.15, 0.2) is 0 Å². The Labute approximate surface area is 80.7 Å². The van der Waals surface area contributed by atoms with Gasteiger partial charge in [-0.25, -0.2) is 3.11 Å². The highest BCUT2D eigenvalue weighted by molar-refractivity contribution is 14.1. The summed E-state index contributed by atoms with van der Waals surface area (Å²) in [7, 11) is 0. The van der Waals surface area contributed by atoms with Crippen LogP contribution in [0.5, 0.6) is 0 Å². The van der Waals surface area contributed by atoms with Crippen molar-refractivity contribution < 1.29 is 4.74 Å². The topological polar surface area (TPSA) is 38.5 Å². The molecule has 1 saturated carbocycles. The van der Waals surface area contributed by atoms with E-state index in [1.807, 2.05) is 0 Å². The molecule has 2 aliphatic rings. The van der Waals surface area contributed by atoms with Crippen molar-refractivity contribution in [3.05, 3.63) is 0 Å². The van der Waals surface area contributed by atoms with Crippen LogP contribution < -0.4 is 5.73 Å². The lowest BCUT2D eigenvalue weighted by atomic mass is 10.2. The first kappa shape index (κ1) is 8.22. The standard InChI is InChI=1S/C7H13IN2O/c8-10-3-6(9)7(4-10)11-5-1-2-5/h5-7H,1-4,9H2. The second kappa shape index (κ2) is 3.16. The average Bonchev–Trinajstić information content (AvgIpc) is 2.64. The monoisotopic (exact) mass is 268 g/mol. The van der Waals surface area contributed by atoms with Gasteiger partial charge in [0.15, 0.2) is 0 Å². The highest BCUT2D eigenvalue weighted by Crippen LogP contribution is 2.28. The SMILES string of the molecule is NC1CN(I)CC1OC1CC1. The summed E-state index contributed by atoms with van der Waals surface area (Å²) in [4.78, 5) is 0. The minimum Gasteiger partial charge on any atom is -0.372 e. The molecule has 1 heterocycles. The molecule has 2 atom stereocenters. The van der Waals surface area contributed by atoms with Crippen LogP contribution in [-0.4, -0.2) is 34.5 Å². The molecule has 2 unspecified atom stereocenters. The molecule has 1 aliphatic carbocycles. The highest BCUT2D eigenvalue weighted by Gasteiger charge is 2.34. The van der Waals surface area contributed by atoms with Gasteiger partial charge in [0.05, 0.1) is 12.2 Å². The van der Waals surface area contributed by atoms with Gasteiger partial charge in [-0.2, -0.15) is 0 Å². The predicted octanol–water partition coefficient (Wildman–Crippen LogP) is 0.527. The summed E-state index contributed by atoms with van der Waals surface area (Å²) in [6.45, 7) is 1.97.